The summed E-state index contributed by atoms with van der Waals surface area (Å²) in [5.41, 5.74) is 0. The summed E-state index contributed by atoms with van der Waals surface area (Å²) in [5, 5.41) is 0. The Bertz CT molecular complexity index is 118. The van der Waals surface area contributed by atoms with Crippen molar-refractivity contribution in [3.63, 3.8) is 0 Å². The first-order chi connectivity index (χ1) is 4.22. The lowest BCUT2D eigenvalue weighted by molar-refractivity contribution is -0.140. The van der Waals surface area contributed by atoms with E-state index in [2.05, 4.69) is 4.74 Å². The van der Waals surface area contributed by atoms with Crippen LogP contribution in [0.15, 0.2) is 0 Å². The summed E-state index contributed by atoms with van der Waals surface area (Å²) >= 11 is 0. The third-order valence-electron chi connectivity index (χ3n) is 1.66. The van der Waals surface area contributed by atoms with Gasteiger partial charge in [0.2, 0.25) is 0 Å². The van der Waals surface area contributed by atoms with E-state index >= 15 is 0 Å². The molecule has 2 nitrogen and oxygen atoms in total. The lowest BCUT2D eigenvalue weighted by Crippen LogP contribution is -2.13. The van der Waals surface area contributed by atoms with E-state index in [1.54, 1.807) is 6.61 Å². The van der Waals surface area contributed by atoms with Crippen LogP contribution in [0.25, 0.3) is 0 Å². The third kappa shape index (κ3) is 1.23. The number of carbonyl (C=O) groups is 1. The van der Waals surface area contributed by atoms with Crippen molar-refractivity contribution in [1.29, 1.82) is 0 Å². The molecule has 1 heterocycles. The Balaban J connectivity index is 2.49. The molecule has 1 radical (unpaired) electrons. The molecule has 0 amide bonds. The van der Waals surface area contributed by atoms with Crippen molar-refractivity contribution < 1.29 is 9.53 Å². The van der Waals surface area contributed by atoms with Crippen molar-refractivity contribution >= 4 is 5.97 Å². The molecule has 0 bridgehead atoms. The molecule has 0 N–H and O–H groups in total. The molecule has 0 aromatic carbocycles. The van der Waals surface area contributed by atoms with Crippen molar-refractivity contribution in [1.82, 2.24) is 0 Å². The molecule has 1 fully saturated rings. The highest BCUT2D eigenvalue weighted by atomic mass is 16.5. The van der Waals surface area contributed by atoms with Crippen molar-refractivity contribution in [2.75, 3.05) is 0 Å². The monoisotopic (exact) mass is 127 g/mol. The Kier molecular flexibility index (Phi) is 1.74. The Morgan fingerprint density at radius 2 is 2.44 bits per heavy atom. The summed E-state index contributed by atoms with van der Waals surface area (Å²) in [6.07, 6.45) is 0.788. The van der Waals surface area contributed by atoms with Gasteiger partial charge < -0.3 is 4.74 Å². The van der Waals surface area contributed by atoms with Crippen molar-refractivity contribution in [3.05, 3.63) is 6.61 Å². The molecule has 0 spiro atoms. The molecule has 0 saturated carbocycles. The molecular weight excluding hydrogens is 116 g/mol. The minimum absolute atomic E-state index is 0.0648. The first-order valence-electron chi connectivity index (χ1n) is 3.24. The predicted molar refractivity (Wildman–Crippen MR) is 33.3 cm³/mol. The topological polar surface area (TPSA) is 26.3 Å². The number of hydrogen-bond acceptors (Lipinski definition) is 2. The van der Waals surface area contributed by atoms with Gasteiger partial charge in [0.05, 0.1) is 5.92 Å². The van der Waals surface area contributed by atoms with Crippen LogP contribution >= 0.6 is 0 Å². The molecule has 0 aromatic rings. The molecule has 1 rings (SSSR count). The van der Waals surface area contributed by atoms with E-state index in [1.165, 1.54) is 0 Å². The smallest absolute Gasteiger partial charge is 0.309 e. The Morgan fingerprint density at radius 1 is 1.78 bits per heavy atom. The fourth-order valence-corrected chi connectivity index (χ4v) is 0.962. The maximum absolute atomic E-state index is 10.8. The molecule has 1 aliphatic rings. The van der Waals surface area contributed by atoms with Gasteiger partial charge in [0.1, 0.15) is 6.61 Å². The number of esters is 1. The second kappa shape index (κ2) is 2.38. The maximum atomic E-state index is 10.8. The van der Waals surface area contributed by atoms with Crippen molar-refractivity contribution in [3.8, 4) is 0 Å². The quantitative estimate of drug-likeness (QED) is 0.497. The SMILES string of the molecule is CC(C)C1C[CH]OC1=O. The van der Waals surface area contributed by atoms with E-state index in [1.807, 2.05) is 13.8 Å². The Hall–Kier alpha value is -0.530. The standard InChI is InChI=1S/C7H11O2/c1-5(2)6-3-4-9-7(6)8/h4-6H,3H2,1-2H3. The Morgan fingerprint density at radius 3 is 2.67 bits per heavy atom. The molecular formula is C7H11O2. The fraction of sp³-hybridized carbons (Fsp3) is 0.714. The van der Waals surface area contributed by atoms with Gasteiger partial charge in [0.25, 0.3) is 0 Å². The average molecular weight is 127 g/mol. The van der Waals surface area contributed by atoms with E-state index in [0.29, 0.717) is 5.92 Å². The van der Waals surface area contributed by atoms with Gasteiger partial charge in [-0.2, -0.15) is 0 Å². The number of cyclic esters (lactones) is 1. The van der Waals surface area contributed by atoms with Gasteiger partial charge in [0.15, 0.2) is 0 Å². The first-order valence-corrected chi connectivity index (χ1v) is 3.24. The van der Waals surface area contributed by atoms with Crippen LogP contribution in [0.2, 0.25) is 0 Å². The highest BCUT2D eigenvalue weighted by Gasteiger charge is 2.29. The lowest BCUT2D eigenvalue weighted by atomic mass is 9.95. The Labute approximate surface area is 55.2 Å². The molecule has 1 atom stereocenters. The molecule has 0 aliphatic carbocycles. The summed E-state index contributed by atoms with van der Waals surface area (Å²) in [7, 11) is 0. The van der Waals surface area contributed by atoms with Crippen LogP contribution in [0.5, 0.6) is 0 Å². The zero-order valence-corrected chi connectivity index (χ0v) is 5.76. The highest BCUT2D eigenvalue weighted by Crippen LogP contribution is 2.24. The molecule has 51 valence electrons. The van der Waals surface area contributed by atoms with E-state index in [4.69, 9.17) is 0 Å². The van der Waals surface area contributed by atoms with Crippen LogP contribution < -0.4 is 0 Å². The van der Waals surface area contributed by atoms with Crippen LogP contribution in [-0.4, -0.2) is 5.97 Å². The minimum Gasteiger partial charge on any atom is -0.458 e. The summed E-state index contributed by atoms with van der Waals surface area (Å²) in [4.78, 5) is 10.8. The predicted octanol–water partition coefficient (Wildman–Crippen LogP) is 1.37. The van der Waals surface area contributed by atoms with Gasteiger partial charge in [0, 0.05) is 6.42 Å². The van der Waals surface area contributed by atoms with Gasteiger partial charge in [-0.25, -0.2) is 0 Å². The third-order valence-corrected chi connectivity index (χ3v) is 1.66. The van der Waals surface area contributed by atoms with Gasteiger partial charge in [-0.05, 0) is 5.92 Å². The zero-order chi connectivity index (χ0) is 6.85. The van der Waals surface area contributed by atoms with Crippen molar-refractivity contribution in [2.45, 2.75) is 20.3 Å². The maximum Gasteiger partial charge on any atom is 0.309 e. The molecule has 0 aromatic heterocycles. The van der Waals surface area contributed by atoms with Gasteiger partial charge in [-0.15, -0.1) is 0 Å². The van der Waals surface area contributed by atoms with E-state index in [-0.39, 0.29) is 11.9 Å². The van der Waals surface area contributed by atoms with Gasteiger partial charge >= 0.3 is 5.97 Å². The van der Waals surface area contributed by atoms with Crippen LogP contribution in [0.1, 0.15) is 20.3 Å². The molecule has 1 aliphatic heterocycles. The molecule has 1 unspecified atom stereocenters. The second-order valence-electron chi connectivity index (χ2n) is 2.69. The molecule has 1 saturated heterocycles. The van der Waals surface area contributed by atoms with E-state index in [0.717, 1.165) is 6.42 Å². The highest BCUT2D eigenvalue weighted by molar-refractivity contribution is 5.75. The number of hydrogen-bond donors (Lipinski definition) is 0. The summed E-state index contributed by atoms with van der Waals surface area (Å²) < 4.78 is 4.66. The summed E-state index contributed by atoms with van der Waals surface area (Å²) in [5.74, 6) is 0.464. The van der Waals surface area contributed by atoms with Crippen LogP contribution in [0, 0.1) is 18.4 Å². The van der Waals surface area contributed by atoms with Gasteiger partial charge in [-0.3, -0.25) is 4.79 Å². The van der Waals surface area contributed by atoms with E-state index in [9.17, 15) is 4.79 Å². The zero-order valence-electron chi connectivity index (χ0n) is 5.76. The second-order valence-corrected chi connectivity index (χ2v) is 2.69. The number of ether oxygens (including phenoxy) is 1. The van der Waals surface area contributed by atoms with Crippen LogP contribution in [0.3, 0.4) is 0 Å². The summed E-state index contributed by atoms with van der Waals surface area (Å²) in [6, 6.07) is 0. The largest absolute Gasteiger partial charge is 0.458 e. The fourth-order valence-electron chi connectivity index (χ4n) is 0.962. The van der Waals surface area contributed by atoms with E-state index < -0.39 is 0 Å². The minimum atomic E-state index is -0.0648. The van der Waals surface area contributed by atoms with Crippen molar-refractivity contribution in [2.24, 2.45) is 11.8 Å². The van der Waals surface area contributed by atoms with Crippen LogP contribution in [-0.2, 0) is 9.53 Å². The van der Waals surface area contributed by atoms with Crippen LogP contribution in [0.4, 0.5) is 0 Å². The first kappa shape index (κ1) is 6.59. The normalized spacial score (nSPS) is 27.0. The van der Waals surface area contributed by atoms with Gasteiger partial charge in [-0.1, -0.05) is 13.8 Å². The average Bonchev–Trinajstić information content (AvgIpc) is 2.13. The summed E-state index contributed by atoms with van der Waals surface area (Å²) in [6.45, 7) is 5.66. The number of carbonyl (C=O) groups excluding carboxylic acids is 1. The number of rotatable bonds is 1. The molecule has 2 heteroatoms. The lowest BCUT2D eigenvalue weighted by Gasteiger charge is -2.07. The molecule has 9 heavy (non-hydrogen) atoms.